The summed E-state index contributed by atoms with van der Waals surface area (Å²) in [4.78, 5) is 3.90. The Morgan fingerprint density at radius 2 is 2.38 bits per heavy atom. The first-order valence-electron chi connectivity index (χ1n) is 3.92. The molecule has 1 aromatic heterocycles. The van der Waals surface area contributed by atoms with Gasteiger partial charge in [0.15, 0.2) is 0 Å². The number of pyridine rings is 1. The first kappa shape index (κ1) is 10.0. The Hall–Kier alpha value is -1.06. The standard InChI is InChI=1S/C9H11ClN2O/c10-8-5-9(11)12-6-7(8)3-1-2-4-13/h1,3,5-6,13H,2,4H2,(H2,11,12). The molecule has 0 atom stereocenters. The fraction of sp³-hybridized carbons (Fsp3) is 0.222. The highest BCUT2D eigenvalue weighted by atomic mass is 35.5. The highest BCUT2D eigenvalue weighted by molar-refractivity contribution is 6.32. The Labute approximate surface area is 81.9 Å². The lowest BCUT2D eigenvalue weighted by molar-refractivity contribution is 0.303. The molecule has 1 rings (SSSR count). The van der Waals surface area contributed by atoms with Gasteiger partial charge in [-0.1, -0.05) is 23.8 Å². The third kappa shape index (κ3) is 3.05. The molecule has 0 amide bonds. The number of nitrogen functional groups attached to an aromatic ring is 1. The summed E-state index contributed by atoms with van der Waals surface area (Å²) < 4.78 is 0. The normalized spacial score (nSPS) is 10.9. The average Bonchev–Trinajstić information content (AvgIpc) is 2.09. The van der Waals surface area contributed by atoms with Crippen molar-refractivity contribution in [3.63, 3.8) is 0 Å². The molecule has 0 fully saturated rings. The smallest absolute Gasteiger partial charge is 0.124 e. The van der Waals surface area contributed by atoms with Gasteiger partial charge in [0, 0.05) is 18.4 Å². The van der Waals surface area contributed by atoms with Gasteiger partial charge in [0.1, 0.15) is 5.82 Å². The Morgan fingerprint density at radius 1 is 1.62 bits per heavy atom. The summed E-state index contributed by atoms with van der Waals surface area (Å²) in [5.74, 6) is 0.407. The number of nitrogens with zero attached hydrogens (tertiary/aromatic N) is 1. The Kier molecular flexibility index (Phi) is 3.73. The fourth-order valence-electron chi connectivity index (χ4n) is 0.864. The Bertz CT molecular complexity index is 312. The van der Waals surface area contributed by atoms with Crippen molar-refractivity contribution in [2.75, 3.05) is 12.3 Å². The van der Waals surface area contributed by atoms with Gasteiger partial charge in [-0.05, 0) is 12.5 Å². The molecule has 0 unspecified atom stereocenters. The van der Waals surface area contributed by atoms with E-state index in [2.05, 4.69) is 4.98 Å². The van der Waals surface area contributed by atoms with Crippen molar-refractivity contribution < 1.29 is 5.11 Å². The molecule has 0 saturated carbocycles. The first-order chi connectivity index (χ1) is 6.24. The van der Waals surface area contributed by atoms with Gasteiger partial charge in [0.25, 0.3) is 0 Å². The van der Waals surface area contributed by atoms with E-state index in [-0.39, 0.29) is 6.61 Å². The summed E-state index contributed by atoms with van der Waals surface area (Å²) in [6, 6.07) is 1.60. The van der Waals surface area contributed by atoms with E-state index in [4.69, 9.17) is 22.4 Å². The molecule has 0 aliphatic rings. The van der Waals surface area contributed by atoms with Crippen LogP contribution in [0.4, 0.5) is 5.82 Å². The van der Waals surface area contributed by atoms with Gasteiger partial charge in [-0.3, -0.25) is 0 Å². The molecule has 1 aromatic rings. The number of aromatic nitrogens is 1. The summed E-state index contributed by atoms with van der Waals surface area (Å²) in [6.07, 6.45) is 5.86. The van der Waals surface area contributed by atoms with Crippen LogP contribution in [0, 0.1) is 0 Å². The molecule has 0 spiro atoms. The molecule has 70 valence electrons. The van der Waals surface area contributed by atoms with Crippen LogP contribution in [0.5, 0.6) is 0 Å². The van der Waals surface area contributed by atoms with Crippen LogP contribution in [0.15, 0.2) is 18.3 Å². The van der Waals surface area contributed by atoms with E-state index in [0.717, 1.165) is 5.56 Å². The predicted molar refractivity (Wildman–Crippen MR) is 54.4 cm³/mol. The molecule has 3 nitrogen and oxygen atoms in total. The van der Waals surface area contributed by atoms with E-state index in [1.54, 1.807) is 12.3 Å². The van der Waals surface area contributed by atoms with Crippen LogP contribution in [0.25, 0.3) is 6.08 Å². The zero-order valence-electron chi connectivity index (χ0n) is 7.07. The second kappa shape index (κ2) is 4.84. The lowest BCUT2D eigenvalue weighted by Gasteiger charge is -1.98. The molecule has 0 aromatic carbocycles. The highest BCUT2D eigenvalue weighted by Crippen LogP contribution is 2.18. The first-order valence-corrected chi connectivity index (χ1v) is 4.30. The molecule has 0 saturated heterocycles. The second-order valence-corrected chi connectivity index (χ2v) is 2.95. The number of aliphatic hydroxyl groups is 1. The van der Waals surface area contributed by atoms with Crippen molar-refractivity contribution in [1.29, 1.82) is 0 Å². The third-order valence-corrected chi connectivity index (χ3v) is 1.82. The minimum Gasteiger partial charge on any atom is -0.396 e. The van der Waals surface area contributed by atoms with Gasteiger partial charge in [0.05, 0.1) is 5.02 Å². The zero-order valence-corrected chi connectivity index (χ0v) is 7.83. The Morgan fingerprint density at radius 3 is 3.00 bits per heavy atom. The maximum Gasteiger partial charge on any atom is 0.124 e. The van der Waals surface area contributed by atoms with Crippen molar-refractivity contribution in [3.05, 3.63) is 28.9 Å². The lowest BCUT2D eigenvalue weighted by atomic mass is 10.2. The van der Waals surface area contributed by atoms with Crippen LogP contribution in [0.2, 0.25) is 5.02 Å². The van der Waals surface area contributed by atoms with Crippen LogP contribution in [-0.4, -0.2) is 16.7 Å². The van der Waals surface area contributed by atoms with E-state index >= 15 is 0 Å². The number of aliphatic hydroxyl groups excluding tert-OH is 1. The van der Waals surface area contributed by atoms with Gasteiger partial charge in [-0.15, -0.1) is 0 Å². The van der Waals surface area contributed by atoms with Crippen LogP contribution < -0.4 is 5.73 Å². The molecule has 3 N–H and O–H groups in total. The summed E-state index contributed by atoms with van der Waals surface area (Å²) in [6.45, 7) is 0.135. The van der Waals surface area contributed by atoms with Crippen LogP contribution >= 0.6 is 11.6 Å². The molecule has 0 aliphatic carbocycles. The largest absolute Gasteiger partial charge is 0.396 e. The molecular weight excluding hydrogens is 188 g/mol. The lowest BCUT2D eigenvalue weighted by Crippen LogP contribution is -1.89. The second-order valence-electron chi connectivity index (χ2n) is 2.55. The van der Waals surface area contributed by atoms with Gasteiger partial charge < -0.3 is 10.8 Å². The molecule has 0 radical (unpaired) electrons. The van der Waals surface area contributed by atoms with E-state index in [1.807, 2.05) is 12.2 Å². The number of nitrogens with two attached hydrogens (primary N) is 1. The molecule has 13 heavy (non-hydrogen) atoms. The summed E-state index contributed by atoms with van der Waals surface area (Å²) >= 11 is 5.87. The van der Waals surface area contributed by atoms with Crippen molar-refractivity contribution in [2.24, 2.45) is 0 Å². The minimum absolute atomic E-state index is 0.135. The van der Waals surface area contributed by atoms with Crippen molar-refractivity contribution in [1.82, 2.24) is 4.98 Å². The van der Waals surface area contributed by atoms with Gasteiger partial charge >= 0.3 is 0 Å². The van der Waals surface area contributed by atoms with Gasteiger partial charge in [0.2, 0.25) is 0 Å². The number of anilines is 1. The summed E-state index contributed by atoms with van der Waals surface area (Å²) in [5.41, 5.74) is 6.23. The molecule has 0 bridgehead atoms. The fourth-order valence-corrected chi connectivity index (χ4v) is 1.09. The molecular formula is C9H11ClN2O. The summed E-state index contributed by atoms with van der Waals surface area (Å²) in [5, 5.41) is 9.11. The molecule has 4 heteroatoms. The van der Waals surface area contributed by atoms with Gasteiger partial charge in [-0.25, -0.2) is 4.98 Å². The van der Waals surface area contributed by atoms with Crippen molar-refractivity contribution >= 4 is 23.5 Å². The van der Waals surface area contributed by atoms with E-state index in [1.165, 1.54) is 0 Å². The Balaban J connectivity index is 2.77. The average molecular weight is 199 g/mol. The number of halogens is 1. The predicted octanol–water partition coefficient (Wildman–Crippen LogP) is 1.71. The topological polar surface area (TPSA) is 59.1 Å². The van der Waals surface area contributed by atoms with E-state index in [9.17, 15) is 0 Å². The number of hydrogen-bond donors (Lipinski definition) is 2. The third-order valence-electron chi connectivity index (χ3n) is 1.50. The van der Waals surface area contributed by atoms with Crippen molar-refractivity contribution in [3.8, 4) is 0 Å². The number of rotatable bonds is 3. The molecule has 1 heterocycles. The highest BCUT2D eigenvalue weighted by Gasteiger charge is 1.96. The quantitative estimate of drug-likeness (QED) is 0.778. The molecule has 0 aliphatic heterocycles. The van der Waals surface area contributed by atoms with E-state index < -0.39 is 0 Å². The van der Waals surface area contributed by atoms with E-state index in [0.29, 0.717) is 17.3 Å². The minimum atomic E-state index is 0.135. The van der Waals surface area contributed by atoms with Crippen LogP contribution in [0.3, 0.4) is 0 Å². The maximum atomic E-state index is 8.54. The van der Waals surface area contributed by atoms with Crippen LogP contribution in [0.1, 0.15) is 12.0 Å². The zero-order chi connectivity index (χ0) is 9.68. The van der Waals surface area contributed by atoms with Gasteiger partial charge in [-0.2, -0.15) is 0 Å². The summed E-state index contributed by atoms with van der Waals surface area (Å²) in [7, 11) is 0. The maximum absolute atomic E-state index is 8.54. The van der Waals surface area contributed by atoms with Crippen molar-refractivity contribution in [2.45, 2.75) is 6.42 Å². The monoisotopic (exact) mass is 198 g/mol. The van der Waals surface area contributed by atoms with Crippen LogP contribution in [-0.2, 0) is 0 Å². The number of hydrogen-bond acceptors (Lipinski definition) is 3. The SMILES string of the molecule is Nc1cc(Cl)c(C=CCCO)cn1.